The van der Waals surface area contributed by atoms with Gasteiger partial charge in [0.2, 0.25) is 5.17 Å². The Bertz CT molecular complexity index is 1290. The van der Waals surface area contributed by atoms with Crippen molar-refractivity contribution in [1.82, 2.24) is 5.01 Å². The number of ether oxygens (including phenoxy) is 4. The molecular formula is C26H27ClN4O5S. The van der Waals surface area contributed by atoms with Gasteiger partial charge < -0.3 is 18.9 Å². The maximum absolute atomic E-state index is 12.7. The molecule has 0 spiro atoms. The third-order valence-electron chi connectivity index (χ3n) is 5.30. The van der Waals surface area contributed by atoms with Gasteiger partial charge in [0.1, 0.15) is 29.8 Å². The monoisotopic (exact) mass is 542 g/mol. The maximum Gasteiger partial charge on any atom is 0.283 e. The van der Waals surface area contributed by atoms with Gasteiger partial charge in [-0.25, -0.2) is 0 Å². The van der Waals surface area contributed by atoms with Gasteiger partial charge in [0.05, 0.1) is 24.8 Å². The molecular weight excluding hydrogens is 516 g/mol. The lowest BCUT2D eigenvalue weighted by Crippen LogP contribution is -2.35. The number of aliphatic imine (C=N–C) groups is 1. The van der Waals surface area contributed by atoms with E-state index in [4.69, 9.17) is 36.0 Å². The van der Waals surface area contributed by atoms with E-state index >= 15 is 0 Å². The number of thioether (sulfide) groups is 1. The van der Waals surface area contributed by atoms with E-state index in [0.29, 0.717) is 38.9 Å². The number of rotatable bonds is 10. The molecule has 11 heteroatoms. The first kappa shape index (κ1) is 26.6. The fraction of sp³-hybridized carbons (Fsp3) is 0.308. The number of amides is 1. The summed E-state index contributed by atoms with van der Waals surface area (Å²) in [5.41, 5.74) is 0.673. The highest BCUT2D eigenvalue weighted by molar-refractivity contribution is 8.26. The van der Waals surface area contributed by atoms with Crippen LogP contribution in [0.3, 0.4) is 0 Å². The van der Waals surface area contributed by atoms with Gasteiger partial charge in [-0.15, -0.1) is 0 Å². The van der Waals surface area contributed by atoms with Crippen LogP contribution in [-0.4, -0.2) is 54.4 Å². The fourth-order valence-electron chi connectivity index (χ4n) is 3.57. The molecule has 0 fully saturated rings. The standard InChI is InChI=1S/C26H27ClN4O5S/c1-15(2)11-22-30-31-24(28)19(25(32)29-26(31)37-22)12-16-13-20(27)23(21(14-16)34-4)36-10-9-35-18-7-5-17(33-3)6-8-18/h5-8,12-15,28H,9-11H2,1-4H3/b19-12-,28-24?. The van der Waals surface area contributed by atoms with E-state index in [9.17, 15) is 4.79 Å². The number of amidine groups is 2. The molecule has 4 rings (SSSR count). The number of carbonyl (C=O) groups excluding carboxylic acids is 1. The first-order valence-electron chi connectivity index (χ1n) is 11.5. The Balaban J connectivity index is 1.46. The largest absolute Gasteiger partial charge is 0.497 e. The molecule has 2 aromatic carbocycles. The molecule has 0 atom stereocenters. The Morgan fingerprint density at radius 3 is 2.46 bits per heavy atom. The highest BCUT2D eigenvalue weighted by atomic mass is 35.5. The van der Waals surface area contributed by atoms with E-state index in [-0.39, 0.29) is 24.6 Å². The molecule has 0 unspecified atom stereocenters. The molecule has 0 saturated carbocycles. The van der Waals surface area contributed by atoms with E-state index in [1.807, 2.05) is 24.3 Å². The number of nitrogens with one attached hydrogen (secondary N) is 1. The second-order valence-electron chi connectivity index (χ2n) is 8.52. The summed E-state index contributed by atoms with van der Waals surface area (Å²) in [5.74, 6) is 2.04. The van der Waals surface area contributed by atoms with Crippen molar-refractivity contribution in [1.29, 1.82) is 5.41 Å². The summed E-state index contributed by atoms with van der Waals surface area (Å²) >= 11 is 7.82. The van der Waals surface area contributed by atoms with Crippen LogP contribution in [0.15, 0.2) is 52.1 Å². The maximum atomic E-state index is 12.7. The molecule has 2 heterocycles. The molecule has 0 aromatic heterocycles. The molecule has 1 N–H and O–H groups in total. The van der Waals surface area contributed by atoms with Gasteiger partial charge in [-0.05, 0) is 65.7 Å². The van der Waals surface area contributed by atoms with Crippen LogP contribution in [0.5, 0.6) is 23.0 Å². The predicted molar refractivity (Wildman–Crippen MR) is 146 cm³/mol. The molecule has 9 nitrogen and oxygen atoms in total. The first-order chi connectivity index (χ1) is 17.8. The molecule has 2 aliphatic rings. The van der Waals surface area contributed by atoms with Crippen molar-refractivity contribution in [3.05, 3.63) is 52.6 Å². The Morgan fingerprint density at radius 1 is 1.08 bits per heavy atom. The molecule has 0 radical (unpaired) electrons. The summed E-state index contributed by atoms with van der Waals surface area (Å²) in [7, 11) is 3.11. The number of benzene rings is 2. The summed E-state index contributed by atoms with van der Waals surface area (Å²) in [5, 5.41) is 15.9. The van der Waals surface area contributed by atoms with E-state index in [1.165, 1.54) is 23.9 Å². The zero-order valence-corrected chi connectivity index (χ0v) is 22.5. The van der Waals surface area contributed by atoms with Crippen LogP contribution in [-0.2, 0) is 4.79 Å². The van der Waals surface area contributed by atoms with Crippen molar-refractivity contribution in [2.24, 2.45) is 16.0 Å². The number of fused-ring (bicyclic) bond motifs is 1. The smallest absolute Gasteiger partial charge is 0.283 e. The number of hydrazone groups is 1. The predicted octanol–water partition coefficient (Wildman–Crippen LogP) is 5.48. The fourth-order valence-corrected chi connectivity index (χ4v) is 4.94. The van der Waals surface area contributed by atoms with Gasteiger partial charge in [-0.3, -0.25) is 10.2 Å². The minimum Gasteiger partial charge on any atom is -0.497 e. The second-order valence-corrected chi connectivity index (χ2v) is 9.97. The summed E-state index contributed by atoms with van der Waals surface area (Å²) in [6.07, 6.45) is 2.30. The minimum atomic E-state index is -0.504. The SMILES string of the molecule is COc1ccc(OCCOc2c(Cl)cc(/C=C3/C(=N)N4N=C(CC(C)C)SC4=NC3=O)cc2OC)cc1. The number of hydrogen-bond donors (Lipinski definition) is 1. The van der Waals surface area contributed by atoms with Gasteiger partial charge in [0, 0.05) is 6.42 Å². The number of halogens is 1. The Kier molecular flexibility index (Phi) is 8.40. The van der Waals surface area contributed by atoms with Gasteiger partial charge in [0.25, 0.3) is 5.91 Å². The normalized spacial score (nSPS) is 16.1. The minimum absolute atomic E-state index is 0.0349. The third kappa shape index (κ3) is 6.26. The average molecular weight is 543 g/mol. The van der Waals surface area contributed by atoms with Gasteiger partial charge in [-0.1, -0.05) is 25.4 Å². The molecule has 194 valence electrons. The summed E-state index contributed by atoms with van der Waals surface area (Å²) in [6.45, 7) is 4.69. The van der Waals surface area contributed by atoms with E-state index in [1.54, 1.807) is 25.3 Å². The lowest BCUT2D eigenvalue weighted by molar-refractivity contribution is -0.114. The molecule has 0 saturated heterocycles. The average Bonchev–Trinajstić information content (AvgIpc) is 3.27. The summed E-state index contributed by atoms with van der Waals surface area (Å²) in [4.78, 5) is 16.8. The van der Waals surface area contributed by atoms with Gasteiger partial charge in [0.15, 0.2) is 17.3 Å². The van der Waals surface area contributed by atoms with Crippen molar-refractivity contribution >= 4 is 51.4 Å². The molecule has 1 amide bonds. The van der Waals surface area contributed by atoms with Gasteiger partial charge in [-0.2, -0.15) is 15.1 Å². The Labute approximate surface area is 224 Å². The number of carbonyl (C=O) groups is 1. The lowest BCUT2D eigenvalue weighted by Gasteiger charge is -2.20. The quantitative estimate of drug-likeness (QED) is 0.313. The Hall–Kier alpha value is -3.50. The molecule has 0 aliphatic carbocycles. The van der Waals surface area contributed by atoms with Crippen molar-refractivity contribution in [2.75, 3.05) is 27.4 Å². The second kappa shape index (κ2) is 11.7. The van der Waals surface area contributed by atoms with E-state index < -0.39 is 5.91 Å². The van der Waals surface area contributed by atoms with Crippen molar-refractivity contribution in [3.8, 4) is 23.0 Å². The van der Waals surface area contributed by atoms with Crippen LogP contribution < -0.4 is 18.9 Å². The van der Waals surface area contributed by atoms with Crippen LogP contribution >= 0.6 is 23.4 Å². The lowest BCUT2D eigenvalue weighted by atomic mass is 10.1. The zero-order chi connectivity index (χ0) is 26.5. The van der Waals surface area contributed by atoms with E-state index in [0.717, 1.165) is 17.2 Å². The van der Waals surface area contributed by atoms with Crippen LogP contribution in [0, 0.1) is 11.3 Å². The van der Waals surface area contributed by atoms with Crippen LogP contribution in [0.2, 0.25) is 5.02 Å². The molecule has 0 bridgehead atoms. The first-order valence-corrected chi connectivity index (χ1v) is 12.7. The number of methoxy groups -OCH3 is 2. The highest BCUT2D eigenvalue weighted by Crippen LogP contribution is 2.38. The summed E-state index contributed by atoms with van der Waals surface area (Å²) in [6, 6.07) is 10.6. The van der Waals surface area contributed by atoms with Crippen molar-refractivity contribution in [2.45, 2.75) is 20.3 Å². The highest BCUT2D eigenvalue weighted by Gasteiger charge is 2.35. The zero-order valence-electron chi connectivity index (χ0n) is 20.9. The molecule has 37 heavy (non-hydrogen) atoms. The van der Waals surface area contributed by atoms with Crippen molar-refractivity contribution in [3.63, 3.8) is 0 Å². The number of nitrogens with zero attached hydrogens (tertiary/aromatic N) is 3. The third-order valence-corrected chi connectivity index (χ3v) is 6.51. The Morgan fingerprint density at radius 2 is 1.78 bits per heavy atom. The van der Waals surface area contributed by atoms with E-state index in [2.05, 4.69) is 23.9 Å². The topological polar surface area (TPSA) is 106 Å². The van der Waals surface area contributed by atoms with Gasteiger partial charge >= 0.3 is 0 Å². The number of hydrogen-bond acceptors (Lipinski definition) is 8. The van der Waals surface area contributed by atoms with Crippen LogP contribution in [0.4, 0.5) is 0 Å². The van der Waals surface area contributed by atoms with Crippen molar-refractivity contribution < 1.29 is 23.7 Å². The van der Waals surface area contributed by atoms with Crippen LogP contribution in [0.1, 0.15) is 25.8 Å². The summed E-state index contributed by atoms with van der Waals surface area (Å²) < 4.78 is 22.1. The molecule has 2 aromatic rings. The van der Waals surface area contributed by atoms with Crippen LogP contribution in [0.25, 0.3) is 6.08 Å². The molecule has 2 aliphatic heterocycles.